The number of hydrogen-bond donors (Lipinski definition) is 0. The molecule has 0 N–H and O–H groups in total. The fourth-order valence-electron chi connectivity index (χ4n) is 0.727. The molecule has 0 aromatic rings. The van der Waals surface area contributed by atoms with E-state index >= 15 is 0 Å². The Bertz CT molecular complexity index is 170. The van der Waals surface area contributed by atoms with Crippen molar-refractivity contribution in [3.8, 4) is 0 Å². The van der Waals surface area contributed by atoms with E-state index in [1.54, 1.807) is 0 Å². The molecule has 98 valence electrons. The second kappa shape index (κ2) is 6.08. The van der Waals surface area contributed by atoms with Crippen LogP contribution in [0.3, 0.4) is 0 Å². The zero-order valence-electron chi connectivity index (χ0n) is 12.2. The maximum absolute atomic E-state index is 2.32. The van der Waals surface area contributed by atoms with Crippen LogP contribution in [0.2, 0.25) is 0 Å². The zero-order valence-corrected chi connectivity index (χ0v) is 15.5. The summed E-state index contributed by atoms with van der Waals surface area (Å²) in [5, 5.41) is 0. The van der Waals surface area contributed by atoms with Crippen LogP contribution in [0.15, 0.2) is 0 Å². The van der Waals surface area contributed by atoms with Gasteiger partial charge in [-0.25, -0.2) is 0 Å². The van der Waals surface area contributed by atoms with E-state index in [0.717, 1.165) is 0 Å². The Morgan fingerprint density at radius 2 is 0.688 bits per heavy atom. The molecule has 0 aliphatic rings. The second-order valence-electron chi connectivity index (χ2n) is 6.83. The van der Waals surface area contributed by atoms with Gasteiger partial charge in [-0.05, 0) is 0 Å². The van der Waals surface area contributed by atoms with Crippen LogP contribution in [0.25, 0.3) is 0 Å². The van der Waals surface area contributed by atoms with E-state index in [1.807, 2.05) is 0 Å². The Morgan fingerprint density at radius 1 is 0.500 bits per heavy atom. The molecule has 0 bridgehead atoms. The molecular weight excluding hydrogens is 271 g/mol. The van der Waals surface area contributed by atoms with E-state index in [4.69, 9.17) is 0 Å². The lowest BCUT2D eigenvalue weighted by molar-refractivity contribution is 0.807. The van der Waals surface area contributed by atoms with Gasteiger partial charge in [-0.2, -0.15) is 0 Å². The second-order valence-corrected chi connectivity index (χ2v) is 18.5. The fourth-order valence-corrected chi connectivity index (χ4v) is 19.6. The first-order chi connectivity index (χ1) is 6.79. The molecule has 0 unspecified atom stereocenters. The highest BCUT2D eigenvalue weighted by Crippen LogP contribution is 2.77. The molecular formula is C12H27PS3. The smallest absolute Gasteiger partial charge is 0.0744 e. The average Bonchev–Trinajstić information content (AvgIpc) is 1.70. The van der Waals surface area contributed by atoms with Crippen molar-refractivity contribution >= 4 is 39.7 Å². The molecule has 0 aliphatic carbocycles. The number of hydrogen-bond acceptors (Lipinski definition) is 3. The lowest BCUT2D eigenvalue weighted by Gasteiger charge is -2.33. The average molecular weight is 299 g/mol. The molecule has 0 aromatic heterocycles. The molecule has 0 nitrogen and oxygen atoms in total. The molecule has 0 radical (unpaired) electrons. The molecule has 0 saturated heterocycles. The molecule has 16 heavy (non-hydrogen) atoms. The van der Waals surface area contributed by atoms with Gasteiger partial charge in [-0.1, -0.05) is 62.3 Å². The van der Waals surface area contributed by atoms with Crippen LogP contribution in [-0.2, 0) is 0 Å². The Labute approximate surface area is 116 Å². The summed E-state index contributed by atoms with van der Waals surface area (Å²) in [7, 11) is 0. The van der Waals surface area contributed by atoms with Crippen LogP contribution >= 0.6 is 39.7 Å². The van der Waals surface area contributed by atoms with Crippen molar-refractivity contribution in [2.24, 2.45) is 0 Å². The van der Waals surface area contributed by atoms with Crippen LogP contribution in [0.4, 0.5) is 0 Å². The third-order valence-corrected chi connectivity index (χ3v) is 13.4. The first-order valence-corrected chi connectivity index (χ1v) is 11.3. The summed E-state index contributed by atoms with van der Waals surface area (Å²) in [6.45, 7) is 20.9. The van der Waals surface area contributed by atoms with Crippen molar-refractivity contribution in [3.63, 3.8) is 0 Å². The van der Waals surface area contributed by atoms with E-state index in [1.165, 1.54) is 0 Å². The third-order valence-electron chi connectivity index (χ3n) is 1.05. The monoisotopic (exact) mass is 298 g/mol. The maximum atomic E-state index is 2.32. The van der Waals surface area contributed by atoms with E-state index in [-0.39, 0.29) is 5.53 Å². The molecule has 0 amide bonds. The molecule has 4 heteroatoms. The first kappa shape index (κ1) is 17.5. The van der Waals surface area contributed by atoms with E-state index in [9.17, 15) is 0 Å². The van der Waals surface area contributed by atoms with Crippen LogP contribution in [0, 0.1) is 0 Å². The highest BCUT2D eigenvalue weighted by Gasteiger charge is 2.29. The Hall–Kier alpha value is 1.48. The summed E-state index contributed by atoms with van der Waals surface area (Å²) in [5.74, 6) is 0. The van der Waals surface area contributed by atoms with Gasteiger partial charge >= 0.3 is 0 Å². The highest BCUT2D eigenvalue weighted by molar-refractivity contribution is 9.12. The van der Waals surface area contributed by atoms with Crippen LogP contribution < -0.4 is 0 Å². The number of rotatable bonds is 3. The van der Waals surface area contributed by atoms with Gasteiger partial charge in [-0.3, -0.25) is 0 Å². The molecule has 0 aliphatic heterocycles. The van der Waals surface area contributed by atoms with Gasteiger partial charge < -0.3 is 0 Å². The van der Waals surface area contributed by atoms with Crippen molar-refractivity contribution in [2.45, 2.75) is 76.6 Å². The minimum Gasteiger partial charge on any atom is -0.106 e. The molecule has 0 heterocycles. The molecule has 0 fully saturated rings. The summed E-state index contributed by atoms with van der Waals surface area (Å²) in [5.41, 5.74) is -0.0748. The standard InChI is InChI=1S/C12H27PS3/c1-10(2,3)14-13(15-11(4,5)6)16-12(7,8)9/h1-9H3. The van der Waals surface area contributed by atoms with Gasteiger partial charge in [0, 0.05) is 14.2 Å². The topological polar surface area (TPSA) is 0 Å². The summed E-state index contributed by atoms with van der Waals surface area (Å²) < 4.78 is 1.09. The van der Waals surface area contributed by atoms with Crippen molar-refractivity contribution in [1.29, 1.82) is 0 Å². The van der Waals surface area contributed by atoms with Gasteiger partial charge in [0.2, 0.25) is 0 Å². The Kier molecular flexibility index (Phi) is 6.65. The van der Waals surface area contributed by atoms with E-state index in [2.05, 4.69) is 96.5 Å². The van der Waals surface area contributed by atoms with Crippen molar-refractivity contribution < 1.29 is 0 Å². The Morgan fingerprint density at radius 3 is 0.812 bits per heavy atom. The molecule has 0 aromatic carbocycles. The molecule has 0 rings (SSSR count). The molecule has 0 atom stereocenters. The van der Waals surface area contributed by atoms with Crippen molar-refractivity contribution in [1.82, 2.24) is 0 Å². The predicted molar refractivity (Wildman–Crippen MR) is 89.0 cm³/mol. The quantitative estimate of drug-likeness (QED) is 0.525. The lowest BCUT2D eigenvalue weighted by atomic mass is 10.3. The minimum atomic E-state index is -0.0748. The summed E-state index contributed by atoms with van der Waals surface area (Å²) in [4.78, 5) is 0. The van der Waals surface area contributed by atoms with Gasteiger partial charge in [0.1, 0.15) is 0 Å². The highest BCUT2D eigenvalue weighted by atomic mass is 33.4. The lowest BCUT2D eigenvalue weighted by Crippen LogP contribution is -2.11. The van der Waals surface area contributed by atoms with Gasteiger partial charge in [0.25, 0.3) is 0 Å². The van der Waals surface area contributed by atoms with E-state index in [0.29, 0.717) is 14.2 Å². The van der Waals surface area contributed by atoms with Crippen LogP contribution in [0.1, 0.15) is 62.3 Å². The van der Waals surface area contributed by atoms with E-state index < -0.39 is 0 Å². The SMILES string of the molecule is CC(C)(C)SP(SC(C)(C)C)SC(C)(C)C. The minimum absolute atomic E-state index is 0.0748. The summed E-state index contributed by atoms with van der Waals surface area (Å²) >= 11 is 6.44. The summed E-state index contributed by atoms with van der Waals surface area (Å²) in [6.07, 6.45) is 0. The largest absolute Gasteiger partial charge is 0.106 e. The molecule has 0 spiro atoms. The van der Waals surface area contributed by atoms with Crippen LogP contribution in [0.5, 0.6) is 0 Å². The van der Waals surface area contributed by atoms with Crippen molar-refractivity contribution in [3.05, 3.63) is 0 Å². The Balaban J connectivity index is 4.53. The van der Waals surface area contributed by atoms with Gasteiger partial charge in [0.05, 0.1) is 5.53 Å². The van der Waals surface area contributed by atoms with Crippen LogP contribution in [-0.4, -0.2) is 14.2 Å². The first-order valence-electron chi connectivity index (χ1n) is 5.66. The third kappa shape index (κ3) is 12.0. The summed E-state index contributed by atoms with van der Waals surface area (Å²) in [6, 6.07) is 0. The zero-order chi connectivity index (χ0) is 13.2. The van der Waals surface area contributed by atoms with Gasteiger partial charge in [-0.15, -0.1) is 34.1 Å². The predicted octanol–water partition coefficient (Wildman–Crippen LogP) is 6.81. The van der Waals surface area contributed by atoms with Gasteiger partial charge in [0.15, 0.2) is 0 Å². The molecule has 0 saturated carbocycles. The van der Waals surface area contributed by atoms with Crippen molar-refractivity contribution in [2.75, 3.05) is 0 Å². The maximum Gasteiger partial charge on any atom is 0.0744 e. The fraction of sp³-hybridized carbons (Fsp3) is 1.00. The normalized spacial score (nSPS) is 14.6.